The minimum Gasteiger partial charge on any atom is -0.493 e. The molecule has 2 aromatic rings. The average molecular weight is 465 g/mol. The average Bonchev–Trinajstić information content (AvgIpc) is 3.37. The summed E-state index contributed by atoms with van der Waals surface area (Å²) < 4.78 is 31.3. The molecule has 1 aliphatic carbocycles. The Bertz CT molecular complexity index is 1060. The zero-order valence-corrected chi connectivity index (χ0v) is 20.1. The summed E-state index contributed by atoms with van der Waals surface area (Å²) in [5.41, 5.74) is 2.44. The van der Waals surface area contributed by atoms with E-state index in [1.165, 1.54) is 18.9 Å². The molecule has 6 heteroatoms. The monoisotopic (exact) mass is 464 g/mol. The van der Waals surface area contributed by atoms with Crippen molar-refractivity contribution in [2.24, 2.45) is 4.99 Å². The molecule has 0 radical (unpaired) electrons. The van der Waals surface area contributed by atoms with Crippen molar-refractivity contribution in [1.29, 1.82) is 0 Å². The van der Waals surface area contributed by atoms with E-state index in [4.69, 9.17) is 14.2 Å². The second-order valence-electron chi connectivity index (χ2n) is 8.05. The van der Waals surface area contributed by atoms with Crippen molar-refractivity contribution in [3.05, 3.63) is 85.1 Å². The van der Waals surface area contributed by atoms with Crippen LogP contribution in [-0.2, 0) is 0 Å². The molecule has 2 aliphatic rings. The van der Waals surface area contributed by atoms with Gasteiger partial charge in [-0.2, -0.15) is 0 Å². The quantitative estimate of drug-likeness (QED) is 0.416. The third-order valence-corrected chi connectivity index (χ3v) is 5.88. The van der Waals surface area contributed by atoms with Crippen molar-refractivity contribution in [3.8, 4) is 17.2 Å². The highest BCUT2D eigenvalue weighted by molar-refractivity contribution is 6.10. The summed E-state index contributed by atoms with van der Waals surface area (Å²) in [5.74, 6) is 2.39. The van der Waals surface area contributed by atoms with E-state index >= 15 is 0 Å². The highest BCUT2D eigenvalue weighted by Crippen LogP contribution is 2.34. The van der Waals surface area contributed by atoms with Gasteiger partial charge in [0.05, 0.1) is 19.8 Å². The van der Waals surface area contributed by atoms with Gasteiger partial charge in [-0.1, -0.05) is 18.7 Å². The summed E-state index contributed by atoms with van der Waals surface area (Å²) >= 11 is 0. The smallest absolute Gasteiger partial charge is 0.162 e. The van der Waals surface area contributed by atoms with Crippen LogP contribution >= 0.6 is 0 Å². The lowest BCUT2D eigenvalue weighted by atomic mass is 10.1. The standard InChI is InChI=1S/C26H29FN2O3.C2H4/c1-18-23(27)9-6-10-24(18)31-14-13-29-17-21(16-28-19(29)2)20-11-12-25(30-3)26(15-20)32-22-7-4-5-8-22;1-2/h6,9-12,15-17,22H,2,4-5,7-8,13-14H2,1,3H3;1-2H2. The molecule has 0 spiro atoms. The van der Waals surface area contributed by atoms with Crippen molar-refractivity contribution >= 4 is 11.8 Å². The molecule has 34 heavy (non-hydrogen) atoms. The van der Waals surface area contributed by atoms with Crippen LogP contribution in [0, 0.1) is 12.7 Å². The number of nitrogens with zero attached hydrogens (tertiary/aromatic N) is 2. The molecule has 4 rings (SSSR count). The van der Waals surface area contributed by atoms with E-state index in [0.29, 0.717) is 30.3 Å². The lowest BCUT2D eigenvalue weighted by Gasteiger charge is -2.25. The molecule has 0 amide bonds. The normalized spacial score (nSPS) is 15.4. The molecular formula is C28H33FN2O3. The molecule has 0 aromatic heterocycles. The molecule has 5 nitrogen and oxygen atoms in total. The Balaban J connectivity index is 0.00000158. The third kappa shape index (κ3) is 6.07. The minimum absolute atomic E-state index is 0.243. The number of benzene rings is 2. The van der Waals surface area contributed by atoms with Crippen molar-refractivity contribution in [2.45, 2.75) is 38.7 Å². The van der Waals surface area contributed by atoms with Crippen LogP contribution in [0.2, 0.25) is 0 Å². The van der Waals surface area contributed by atoms with Gasteiger partial charge in [-0.25, -0.2) is 9.38 Å². The first-order valence-corrected chi connectivity index (χ1v) is 11.5. The SMILES string of the molecule is C=C.C=C1N=CC(c2ccc(OC)c(OC3CCCC3)c2)=CN1CCOc1cccc(F)c1C. The molecule has 0 bridgehead atoms. The maximum Gasteiger partial charge on any atom is 0.162 e. The van der Waals surface area contributed by atoms with Gasteiger partial charge in [-0.05, 0) is 62.4 Å². The number of methoxy groups -OCH3 is 1. The summed E-state index contributed by atoms with van der Waals surface area (Å²) in [6.45, 7) is 12.6. The Labute approximate surface area is 201 Å². The van der Waals surface area contributed by atoms with Gasteiger partial charge in [0.2, 0.25) is 0 Å². The predicted molar refractivity (Wildman–Crippen MR) is 136 cm³/mol. The molecule has 0 saturated heterocycles. The van der Waals surface area contributed by atoms with Gasteiger partial charge in [0.25, 0.3) is 0 Å². The van der Waals surface area contributed by atoms with E-state index in [1.807, 2.05) is 29.3 Å². The second-order valence-corrected chi connectivity index (χ2v) is 8.05. The molecule has 0 atom stereocenters. The van der Waals surface area contributed by atoms with Gasteiger partial charge >= 0.3 is 0 Å². The van der Waals surface area contributed by atoms with Gasteiger partial charge in [-0.15, -0.1) is 13.2 Å². The first-order valence-electron chi connectivity index (χ1n) is 11.5. The lowest BCUT2D eigenvalue weighted by Crippen LogP contribution is -2.24. The Kier molecular flexibility index (Phi) is 8.91. The molecule has 0 N–H and O–H groups in total. The lowest BCUT2D eigenvalue weighted by molar-refractivity contribution is 0.201. The zero-order valence-electron chi connectivity index (χ0n) is 20.1. The van der Waals surface area contributed by atoms with Crippen LogP contribution in [0.3, 0.4) is 0 Å². The van der Waals surface area contributed by atoms with Crippen LogP contribution < -0.4 is 14.2 Å². The highest BCUT2D eigenvalue weighted by atomic mass is 19.1. The van der Waals surface area contributed by atoms with Crippen LogP contribution in [0.4, 0.5) is 4.39 Å². The topological polar surface area (TPSA) is 43.3 Å². The van der Waals surface area contributed by atoms with Crippen LogP contribution in [0.25, 0.3) is 5.57 Å². The van der Waals surface area contributed by atoms with Crippen LogP contribution in [0.15, 0.2) is 73.1 Å². The number of ether oxygens (including phenoxy) is 3. The maximum atomic E-state index is 13.7. The number of rotatable bonds is 8. The zero-order chi connectivity index (χ0) is 24.5. The van der Waals surface area contributed by atoms with Crippen molar-refractivity contribution < 1.29 is 18.6 Å². The highest BCUT2D eigenvalue weighted by Gasteiger charge is 2.20. The van der Waals surface area contributed by atoms with Crippen molar-refractivity contribution in [2.75, 3.05) is 20.3 Å². The Morgan fingerprint density at radius 1 is 1.09 bits per heavy atom. The molecule has 1 aliphatic heterocycles. The molecule has 1 saturated carbocycles. The molecule has 1 heterocycles. The summed E-state index contributed by atoms with van der Waals surface area (Å²) in [7, 11) is 1.66. The summed E-state index contributed by atoms with van der Waals surface area (Å²) in [4.78, 5) is 6.39. The van der Waals surface area contributed by atoms with Gasteiger partial charge in [-0.3, -0.25) is 0 Å². The van der Waals surface area contributed by atoms with E-state index in [2.05, 4.69) is 24.7 Å². The summed E-state index contributed by atoms with van der Waals surface area (Å²) in [6, 6.07) is 10.8. The van der Waals surface area contributed by atoms with E-state index in [9.17, 15) is 4.39 Å². The first kappa shape index (κ1) is 25.1. The molecular weight excluding hydrogens is 431 g/mol. The first-order chi connectivity index (χ1) is 16.5. The summed E-state index contributed by atoms with van der Waals surface area (Å²) in [6.07, 6.45) is 8.62. The third-order valence-electron chi connectivity index (χ3n) is 5.88. The number of allylic oxidation sites excluding steroid dienone is 1. The molecule has 2 aromatic carbocycles. The van der Waals surface area contributed by atoms with Crippen LogP contribution in [0.5, 0.6) is 17.2 Å². The minimum atomic E-state index is -0.271. The maximum absolute atomic E-state index is 13.7. The Morgan fingerprint density at radius 3 is 2.59 bits per heavy atom. The number of aliphatic imine (C=N–C) groups is 1. The van der Waals surface area contributed by atoms with E-state index in [1.54, 1.807) is 32.4 Å². The molecule has 1 fully saturated rings. The van der Waals surface area contributed by atoms with E-state index < -0.39 is 0 Å². The van der Waals surface area contributed by atoms with Crippen molar-refractivity contribution in [1.82, 2.24) is 4.90 Å². The number of hydrogen-bond donors (Lipinski definition) is 0. The fourth-order valence-electron chi connectivity index (χ4n) is 3.97. The molecule has 180 valence electrons. The van der Waals surface area contributed by atoms with E-state index in [0.717, 1.165) is 35.5 Å². The van der Waals surface area contributed by atoms with Gasteiger partial charge in [0.15, 0.2) is 11.5 Å². The van der Waals surface area contributed by atoms with Gasteiger partial charge in [0.1, 0.15) is 24.0 Å². The molecule has 0 unspecified atom stereocenters. The largest absolute Gasteiger partial charge is 0.493 e. The Morgan fingerprint density at radius 2 is 1.85 bits per heavy atom. The second kappa shape index (κ2) is 12.1. The van der Waals surface area contributed by atoms with Crippen molar-refractivity contribution in [3.63, 3.8) is 0 Å². The fourth-order valence-corrected chi connectivity index (χ4v) is 3.97. The van der Waals surface area contributed by atoms with Gasteiger partial charge < -0.3 is 19.1 Å². The summed E-state index contributed by atoms with van der Waals surface area (Å²) in [5, 5.41) is 0. The van der Waals surface area contributed by atoms with Crippen LogP contribution in [0.1, 0.15) is 36.8 Å². The number of hydrogen-bond acceptors (Lipinski definition) is 5. The van der Waals surface area contributed by atoms with Crippen LogP contribution in [-0.4, -0.2) is 37.5 Å². The Hall–Kier alpha value is -3.54. The van der Waals surface area contributed by atoms with E-state index in [-0.39, 0.29) is 11.9 Å². The van der Waals surface area contributed by atoms with Gasteiger partial charge in [0, 0.05) is 23.6 Å². The predicted octanol–water partition coefficient (Wildman–Crippen LogP) is 6.54. The number of halogens is 1. The fraction of sp³-hybridized carbons (Fsp3) is 0.321.